The van der Waals surface area contributed by atoms with Crippen molar-refractivity contribution in [2.75, 3.05) is 18.6 Å². The van der Waals surface area contributed by atoms with Crippen LogP contribution in [0.4, 0.5) is 0 Å². The van der Waals surface area contributed by atoms with E-state index in [1.54, 1.807) is 0 Å². The van der Waals surface area contributed by atoms with Crippen molar-refractivity contribution in [2.45, 2.75) is 19.3 Å². The highest BCUT2D eigenvalue weighted by Gasteiger charge is 2.45. The zero-order chi connectivity index (χ0) is 10.8. The number of hydrogen-bond acceptors (Lipinski definition) is 5. The van der Waals surface area contributed by atoms with Crippen LogP contribution in [0.25, 0.3) is 0 Å². The van der Waals surface area contributed by atoms with Gasteiger partial charge in [-0.05, 0) is 24.7 Å². The van der Waals surface area contributed by atoms with Gasteiger partial charge in [-0.25, -0.2) is 8.42 Å². The summed E-state index contributed by atoms with van der Waals surface area (Å²) in [5.41, 5.74) is -0.329. The predicted molar refractivity (Wildman–Crippen MR) is 52.3 cm³/mol. The Morgan fingerprint density at radius 3 is 2.29 bits per heavy atom. The van der Waals surface area contributed by atoms with E-state index in [0.29, 0.717) is 6.42 Å². The molecule has 1 aliphatic rings. The van der Waals surface area contributed by atoms with Gasteiger partial charge in [0.25, 0.3) is 10.1 Å². The Kier molecular flexibility index (Phi) is 3.54. The van der Waals surface area contributed by atoms with Crippen molar-refractivity contribution in [1.82, 2.24) is 0 Å². The molecule has 7 heteroatoms. The Morgan fingerprint density at radius 1 is 1.36 bits per heavy atom. The van der Waals surface area contributed by atoms with Gasteiger partial charge in [0.2, 0.25) is 0 Å². The Hall–Kier alpha value is -0.140. The third-order valence-electron chi connectivity index (χ3n) is 2.52. The minimum atomic E-state index is -3.46. The van der Waals surface area contributed by atoms with Gasteiger partial charge >= 0.3 is 0 Å². The first-order chi connectivity index (χ1) is 6.39. The van der Waals surface area contributed by atoms with E-state index in [4.69, 9.17) is 0 Å². The number of thiol groups is 1. The molecule has 1 aliphatic carbocycles. The molecule has 1 rings (SSSR count). The fourth-order valence-electron chi connectivity index (χ4n) is 1.41. The van der Waals surface area contributed by atoms with E-state index in [2.05, 4.69) is 4.18 Å². The summed E-state index contributed by atoms with van der Waals surface area (Å²) in [6, 6.07) is 0. The van der Waals surface area contributed by atoms with Gasteiger partial charge in [-0.2, -0.15) is 8.42 Å². The third kappa shape index (κ3) is 3.55. The van der Waals surface area contributed by atoms with Gasteiger partial charge in [-0.15, -0.1) is 0 Å². The Balaban J connectivity index is 2.51. The smallest absolute Gasteiger partial charge is 0.267 e. The largest absolute Gasteiger partial charge is 0.273 e. The van der Waals surface area contributed by atoms with E-state index in [-0.39, 0.29) is 16.9 Å². The molecule has 0 aliphatic heterocycles. The molecule has 0 atom stereocenters. The van der Waals surface area contributed by atoms with Crippen molar-refractivity contribution in [2.24, 2.45) is 5.41 Å². The summed E-state index contributed by atoms with van der Waals surface area (Å²) in [6.07, 6.45) is 1.98. The summed E-state index contributed by atoms with van der Waals surface area (Å²) in [6.45, 7) is 0. The minimum absolute atomic E-state index is 0.0559. The van der Waals surface area contributed by atoms with Crippen LogP contribution >= 0.6 is 0 Å². The summed E-state index contributed by atoms with van der Waals surface area (Å²) >= 11 is 0. The van der Waals surface area contributed by atoms with Gasteiger partial charge in [0, 0.05) is 5.75 Å². The summed E-state index contributed by atoms with van der Waals surface area (Å²) < 4.78 is 47.3. The first-order valence-electron chi connectivity index (χ1n) is 4.29. The molecular weight excluding hydrogens is 228 g/mol. The fraction of sp³-hybridized carbons (Fsp3) is 1.00. The summed E-state index contributed by atoms with van der Waals surface area (Å²) in [5.74, 6) is 0.00818. The maximum absolute atomic E-state index is 11.1. The van der Waals surface area contributed by atoms with Crippen LogP contribution in [-0.2, 0) is 25.0 Å². The van der Waals surface area contributed by atoms with Gasteiger partial charge in [0.15, 0.2) is 0 Å². The van der Waals surface area contributed by atoms with Gasteiger partial charge in [-0.1, -0.05) is 0 Å². The first kappa shape index (κ1) is 11.9. The Bertz CT molecular complexity index is 356. The van der Waals surface area contributed by atoms with Crippen LogP contribution in [0.2, 0.25) is 0 Å². The molecule has 0 spiro atoms. The van der Waals surface area contributed by atoms with Crippen molar-refractivity contribution in [3.05, 3.63) is 0 Å². The molecule has 0 aromatic carbocycles. The van der Waals surface area contributed by atoms with Crippen molar-refractivity contribution in [3.8, 4) is 0 Å². The zero-order valence-electron chi connectivity index (χ0n) is 7.93. The highest BCUT2D eigenvalue weighted by atomic mass is 32.2. The molecule has 14 heavy (non-hydrogen) atoms. The van der Waals surface area contributed by atoms with Gasteiger partial charge in [-0.3, -0.25) is 4.18 Å². The van der Waals surface area contributed by atoms with E-state index < -0.39 is 20.8 Å². The fourth-order valence-corrected chi connectivity index (χ4v) is 3.36. The maximum Gasteiger partial charge on any atom is 0.267 e. The van der Waals surface area contributed by atoms with E-state index in [1.807, 2.05) is 0 Å². The predicted octanol–water partition coefficient (Wildman–Crippen LogP) is -0.256. The summed E-state index contributed by atoms with van der Waals surface area (Å²) in [5, 5.41) is 0. The molecule has 0 aromatic heterocycles. The molecule has 0 saturated heterocycles. The standard InChI is InChI=1S/C7H14O5S2/c1-12-14(10,11)6-7(2-3-7)4-5-13(8)9/h13H,2-6H2,1H3. The Labute approximate surface area is 85.5 Å². The van der Waals surface area contributed by atoms with Crippen molar-refractivity contribution in [1.29, 1.82) is 0 Å². The van der Waals surface area contributed by atoms with Gasteiger partial charge in [0.05, 0.1) is 12.9 Å². The van der Waals surface area contributed by atoms with Gasteiger partial charge in [0.1, 0.15) is 10.7 Å². The average molecular weight is 242 g/mol. The van der Waals surface area contributed by atoms with Crippen LogP contribution < -0.4 is 0 Å². The van der Waals surface area contributed by atoms with Crippen molar-refractivity contribution in [3.63, 3.8) is 0 Å². The lowest BCUT2D eigenvalue weighted by molar-refractivity contribution is 0.384. The quantitative estimate of drug-likeness (QED) is 0.513. The van der Waals surface area contributed by atoms with Crippen molar-refractivity contribution >= 4 is 20.8 Å². The molecule has 5 nitrogen and oxygen atoms in total. The Morgan fingerprint density at radius 2 is 1.93 bits per heavy atom. The van der Waals surface area contributed by atoms with Crippen LogP contribution in [0.15, 0.2) is 0 Å². The van der Waals surface area contributed by atoms with E-state index in [1.165, 1.54) is 0 Å². The normalized spacial score (nSPS) is 19.9. The highest BCUT2D eigenvalue weighted by molar-refractivity contribution is 7.86. The van der Waals surface area contributed by atoms with Crippen LogP contribution in [-0.4, -0.2) is 35.5 Å². The molecule has 0 aromatic rings. The van der Waals surface area contributed by atoms with Crippen LogP contribution in [0.1, 0.15) is 19.3 Å². The second kappa shape index (κ2) is 4.16. The lowest BCUT2D eigenvalue weighted by Crippen LogP contribution is -2.19. The molecule has 0 bridgehead atoms. The minimum Gasteiger partial charge on any atom is -0.273 e. The summed E-state index contributed by atoms with van der Waals surface area (Å²) in [7, 11) is -4.74. The maximum atomic E-state index is 11.1. The van der Waals surface area contributed by atoms with E-state index >= 15 is 0 Å². The highest BCUT2D eigenvalue weighted by Crippen LogP contribution is 2.49. The average Bonchev–Trinajstić information content (AvgIpc) is 2.82. The molecular formula is C7H14O5S2. The molecule has 84 valence electrons. The lowest BCUT2D eigenvalue weighted by Gasteiger charge is -2.11. The number of rotatable bonds is 6. The van der Waals surface area contributed by atoms with Crippen molar-refractivity contribution < 1.29 is 21.0 Å². The SMILES string of the molecule is COS(=O)(=O)CC1(CC[SH](=O)=O)CC1. The van der Waals surface area contributed by atoms with Crippen LogP contribution in [0.3, 0.4) is 0 Å². The number of hydrogen-bond donors (Lipinski definition) is 1. The molecule has 0 N–H and O–H groups in total. The second-order valence-electron chi connectivity index (χ2n) is 3.68. The van der Waals surface area contributed by atoms with Gasteiger partial charge < -0.3 is 0 Å². The molecule has 1 saturated carbocycles. The molecule has 0 heterocycles. The molecule has 0 radical (unpaired) electrons. The lowest BCUT2D eigenvalue weighted by atomic mass is 10.1. The molecule has 1 fully saturated rings. The van der Waals surface area contributed by atoms with E-state index in [0.717, 1.165) is 20.0 Å². The van der Waals surface area contributed by atoms with Crippen LogP contribution in [0, 0.1) is 5.41 Å². The second-order valence-corrected chi connectivity index (χ2v) is 6.53. The third-order valence-corrected chi connectivity index (χ3v) is 4.58. The van der Waals surface area contributed by atoms with E-state index in [9.17, 15) is 16.8 Å². The molecule has 0 unspecified atom stereocenters. The molecule has 0 amide bonds. The topological polar surface area (TPSA) is 77.5 Å². The van der Waals surface area contributed by atoms with Crippen LogP contribution in [0.5, 0.6) is 0 Å². The summed E-state index contributed by atoms with van der Waals surface area (Å²) in [4.78, 5) is 0. The first-order valence-corrected chi connectivity index (χ1v) is 7.23. The monoisotopic (exact) mass is 242 g/mol. The zero-order valence-corrected chi connectivity index (χ0v) is 9.64.